The molecule has 104 valence electrons. The summed E-state index contributed by atoms with van der Waals surface area (Å²) < 4.78 is 39.6. The molecule has 0 radical (unpaired) electrons. The molecular weight excluding hydrogens is 253 g/mol. The van der Waals surface area contributed by atoms with Gasteiger partial charge in [-0.3, -0.25) is 0 Å². The van der Waals surface area contributed by atoms with Crippen LogP contribution in [-0.2, 0) is 11.6 Å². The van der Waals surface area contributed by atoms with Crippen LogP contribution in [0.25, 0.3) is 0 Å². The standard InChI is InChI=1S/C14H17F3N2/c15-14(16,17)11-4-2-1-3-10(11)13(8-18)7-9-5-6-12(13)19-9/h1-4,9,12,19H,5-8,18H2. The van der Waals surface area contributed by atoms with Gasteiger partial charge in [-0.1, -0.05) is 18.2 Å². The number of alkyl halides is 3. The molecule has 0 spiro atoms. The molecular formula is C14H17F3N2. The van der Waals surface area contributed by atoms with E-state index in [1.54, 1.807) is 12.1 Å². The van der Waals surface area contributed by atoms with Crippen LogP contribution in [0.5, 0.6) is 0 Å². The third kappa shape index (κ3) is 1.87. The van der Waals surface area contributed by atoms with Crippen LogP contribution in [0.15, 0.2) is 24.3 Å². The van der Waals surface area contributed by atoms with Gasteiger partial charge in [0, 0.05) is 24.0 Å². The Morgan fingerprint density at radius 2 is 2.00 bits per heavy atom. The molecule has 0 aliphatic carbocycles. The molecule has 2 bridgehead atoms. The van der Waals surface area contributed by atoms with E-state index in [0.717, 1.165) is 12.8 Å². The molecule has 2 aliphatic rings. The molecule has 19 heavy (non-hydrogen) atoms. The van der Waals surface area contributed by atoms with Gasteiger partial charge in [-0.2, -0.15) is 13.2 Å². The molecule has 5 heteroatoms. The summed E-state index contributed by atoms with van der Waals surface area (Å²) in [6, 6.07) is 6.27. The third-order valence-electron chi connectivity index (χ3n) is 4.65. The second kappa shape index (κ2) is 4.21. The van der Waals surface area contributed by atoms with Crippen molar-refractivity contribution in [1.29, 1.82) is 0 Å². The Balaban J connectivity index is 2.11. The zero-order valence-corrected chi connectivity index (χ0v) is 10.5. The van der Waals surface area contributed by atoms with Gasteiger partial charge >= 0.3 is 6.18 Å². The summed E-state index contributed by atoms with van der Waals surface area (Å²) in [6.45, 7) is 0.258. The van der Waals surface area contributed by atoms with Crippen molar-refractivity contribution in [3.05, 3.63) is 35.4 Å². The normalized spacial score (nSPS) is 33.9. The first-order chi connectivity index (χ1) is 8.97. The third-order valence-corrected chi connectivity index (χ3v) is 4.65. The van der Waals surface area contributed by atoms with Crippen molar-refractivity contribution < 1.29 is 13.2 Å². The minimum absolute atomic E-state index is 0.0750. The Kier molecular flexibility index (Phi) is 2.87. The van der Waals surface area contributed by atoms with E-state index in [0.29, 0.717) is 18.0 Å². The smallest absolute Gasteiger partial charge is 0.330 e. The Labute approximate surface area is 110 Å². The molecule has 3 unspecified atom stereocenters. The van der Waals surface area contributed by atoms with E-state index in [9.17, 15) is 13.2 Å². The first kappa shape index (κ1) is 12.9. The number of benzene rings is 1. The van der Waals surface area contributed by atoms with Crippen LogP contribution in [0.4, 0.5) is 13.2 Å². The fourth-order valence-electron chi connectivity index (χ4n) is 3.80. The van der Waals surface area contributed by atoms with Gasteiger partial charge in [0.05, 0.1) is 5.56 Å². The maximum atomic E-state index is 13.2. The van der Waals surface area contributed by atoms with Gasteiger partial charge in [-0.05, 0) is 30.9 Å². The maximum absolute atomic E-state index is 13.2. The van der Waals surface area contributed by atoms with Gasteiger partial charge in [0.2, 0.25) is 0 Å². The Morgan fingerprint density at radius 1 is 1.26 bits per heavy atom. The minimum Gasteiger partial charge on any atom is -0.330 e. The summed E-state index contributed by atoms with van der Waals surface area (Å²) >= 11 is 0. The lowest BCUT2D eigenvalue weighted by Gasteiger charge is -2.37. The molecule has 3 atom stereocenters. The van der Waals surface area contributed by atoms with E-state index in [1.807, 2.05) is 0 Å². The van der Waals surface area contributed by atoms with E-state index in [-0.39, 0.29) is 12.6 Å². The van der Waals surface area contributed by atoms with Crippen molar-refractivity contribution in [1.82, 2.24) is 5.32 Å². The van der Waals surface area contributed by atoms with Gasteiger partial charge in [0.25, 0.3) is 0 Å². The summed E-state index contributed by atoms with van der Waals surface area (Å²) in [5.74, 6) is 0. The van der Waals surface area contributed by atoms with E-state index < -0.39 is 17.2 Å². The fraction of sp³-hybridized carbons (Fsp3) is 0.571. The first-order valence-electron chi connectivity index (χ1n) is 6.60. The van der Waals surface area contributed by atoms with Gasteiger partial charge < -0.3 is 11.1 Å². The topological polar surface area (TPSA) is 38.0 Å². The zero-order chi connectivity index (χ0) is 13.7. The van der Waals surface area contributed by atoms with Crippen molar-refractivity contribution in [3.63, 3.8) is 0 Å². The predicted molar refractivity (Wildman–Crippen MR) is 66.7 cm³/mol. The van der Waals surface area contributed by atoms with Crippen LogP contribution in [0, 0.1) is 0 Å². The Morgan fingerprint density at radius 3 is 2.53 bits per heavy atom. The van der Waals surface area contributed by atoms with Crippen LogP contribution in [0.2, 0.25) is 0 Å². The summed E-state index contributed by atoms with van der Waals surface area (Å²) in [5.41, 5.74) is 5.16. The molecule has 2 saturated heterocycles. The van der Waals surface area contributed by atoms with Crippen molar-refractivity contribution in [2.45, 2.75) is 42.9 Å². The van der Waals surface area contributed by atoms with Crippen molar-refractivity contribution in [3.8, 4) is 0 Å². The molecule has 2 nitrogen and oxygen atoms in total. The van der Waals surface area contributed by atoms with Gasteiger partial charge in [0.15, 0.2) is 0 Å². The van der Waals surface area contributed by atoms with Crippen LogP contribution in [0.3, 0.4) is 0 Å². The minimum atomic E-state index is -4.32. The summed E-state index contributed by atoms with van der Waals surface area (Å²) in [7, 11) is 0. The SMILES string of the molecule is NCC1(c2ccccc2C(F)(F)F)CC2CCC1N2. The highest BCUT2D eigenvalue weighted by molar-refractivity contribution is 5.41. The number of hydrogen-bond acceptors (Lipinski definition) is 2. The Bertz CT molecular complexity index is 486. The van der Waals surface area contributed by atoms with Crippen LogP contribution in [-0.4, -0.2) is 18.6 Å². The largest absolute Gasteiger partial charge is 0.416 e. The van der Waals surface area contributed by atoms with Crippen LogP contribution in [0.1, 0.15) is 30.4 Å². The summed E-state index contributed by atoms with van der Waals surface area (Å²) in [5, 5.41) is 3.40. The quantitative estimate of drug-likeness (QED) is 0.866. The highest BCUT2D eigenvalue weighted by Crippen LogP contribution is 2.48. The number of fused-ring (bicyclic) bond motifs is 2. The van der Waals surface area contributed by atoms with Crippen LogP contribution < -0.4 is 11.1 Å². The predicted octanol–water partition coefficient (Wildman–Crippen LogP) is 2.43. The Hall–Kier alpha value is -1.07. The fourth-order valence-corrected chi connectivity index (χ4v) is 3.80. The molecule has 0 saturated carbocycles. The number of rotatable bonds is 2. The highest BCUT2D eigenvalue weighted by atomic mass is 19.4. The zero-order valence-electron chi connectivity index (χ0n) is 10.5. The molecule has 3 rings (SSSR count). The number of nitrogens with two attached hydrogens (primary N) is 1. The molecule has 2 heterocycles. The number of halogens is 3. The maximum Gasteiger partial charge on any atom is 0.416 e. The van der Waals surface area contributed by atoms with E-state index in [2.05, 4.69) is 5.32 Å². The molecule has 2 fully saturated rings. The lowest BCUT2D eigenvalue weighted by molar-refractivity contribution is -0.138. The number of hydrogen-bond donors (Lipinski definition) is 2. The van der Waals surface area contributed by atoms with Crippen molar-refractivity contribution in [2.75, 3.05) is 6.54 Å². The van der Waals surface area contributed by atoms with E-state index in [1.165, 1.54) is 12.1 Å². The molecule has 2 aliphatic heterocycles. The van der Waals surface area contributed by atoms with E-state index in [4.69, 9.17) is 5.73 Å². The molecule has 0 amide bonds. The molecule has 1 aromatic rings. The lowest BCUT2D eigenvalue weighted by Crippen LogP contribution is -2.46. The van der Waals surface area contributed by atoms with Gasteiger partial charge in [-0.15, -0.1) is 0 Å². The monoisotopic (exact) mass is 270 g/mol. The lowest BCUT2D eigenvalue weighted by atomic mass is 9.67. The van der Waals surface area contributed by atoms with E-state index >= 15 is 0 Å². The molecule has 1 aromatic carbocycles. The molecule has 3 N–H and O–H groups in total. The van der Waals surface area contributed by atoms with Gasteiger partial charge in [-0.25, -0.2) is 0 Å². The second-order valence-corrected chi connectivity index (χ2v) is 5.60. The molecule has 0 aromatic heterocycles. The summed E-state index contributed by atoms with van der Waals surface area (Å²) in [4.78, 5) is 0. The van der Waals surface area contributed by atoms with Crippen molar-refractivity contribution >= 4 is 0 Å². The first-order valence-corrected chi connectivity index (χ1v) is 6.60. The van der Waals surface area contributed by atoms with Gasteiger partial charge in [0.1, 0.15) is 0 Å². The second-order valence-electron chi connectivity index (χ2n) is 5.60. The average Bonchev–Trinajstić information content (AvgIpc) is 2.98. The van der Waals surface area contributed by atoms with Crippen molar-refractivity contribution in [2.24, 2.45) is 5.73 Å². The average molecular weight is 270 g/mol. The summed E-state index contributed by atoms with van der Waals surface area (Å²) in [6.07, 6.45) is -1.66. The highest BCUT2D eigenvalue weighted by Gasteiger charge is 2.53. The van der Waals surface area contributed by atoms with Crippen LogP contribution >= 0.6 is 0 Å². The number of nitrogens with one attached hydrogen (secondary N) is 1.